The van der Waals surface area contributed by atoms with Crippen molar-refractivity contribution in [2.24, 2.45) is 0 Å². The van der Waals surface area contributed by atoms with Gasteiger partial charge in [-0.25, -0.2) is 8.42 Å². The van der Waals surface area contributed by atoms with Gasteiger partial charge in [-0.2, -0.15) is 4.31 Å². The number of hydrogen-bond donors (Lipinski definition) is 1. The van der Waals surface area contributed by atoms with Gasteiger partial charge < -0.3 is 9.73 Å². The molecule has 0 amide bonds. The summed E-state index contributed by atoms with van der Waals surface area (Å²) in [6.45, 7) is 8.11. The smallest absolute Gasteiger partial charge is 0.276 e. The standard InChI is InChI=1S/C12H22N2O3S/c1-4-9-14(6-3)18(15,16)12-8-7-11(17-12)10-13-5-2/h7-8,13H,4-6,9-10H2,1-3H3. The van der Waals surface area contributed by atoms with Crippen LogP contribution in [0.25, 0.3) is 0 Å². The molecule has 1 aromatic heterocycles. The van der Waals surface area contributed by atoms with E-state index in [1.54, 1.807) is 6.07 Å². The highest BCUT2D eigenvalue weighted by Crippen LogP contribution is 2.18. The van der Waals surface area contributed by atoms with Gasteiger partial charge in [-0.1, -0.05) is 20.8 Å². The van der Waals surface area contributed by atoms with Gasteiger partial charge in [0.1, 0.15) is 5.76 Å². The molecule has 0 bridgehead atoms. The van der Waals surface area contributed by atoms with E-state index in [2.05, 4.69) is 5.32 Å². The summed E-state index contributed by atoms with van der Waals surface area (Å²) in [5.41, 5.74) is 0. The van der Waals surface area contributed by atoms with Gasteiger partial charge >= 0.3 is 0 Å². The molecule has 1 rings (SSSR count). The Bertz CT molecular complexity index is 454. The molecule has 104 valence electrons. The molecule has 0 radical (unpaired) electrons. The second-order valence-electron chi connectivity index (χ2n) is 4.00. The molecule has 0 aromatic carbocycles. The SMILES string of the molecule is CCCN(CC)S(=O)(=O)c1ccc(CNCC)o1. The highest BCUT2D eigenvalue weighted by Gasteiger charge is 2.25. The third kappa shape index (κ3) is 3.57. The number of hydrogen-bond acceptors (Lipinski definition) is 4. The van der Waals surface area contributed by atoms with Crippen LogP contribution in [0.15, 0.2) is 21.6 Å². The van der Waals surface area contributed by atoms with Crippen LogP contribution in [0.5, 0.6) is 0 Å². The fraction of sp³-hybridized carbons (Fsp3) is 0.667. The minimum atomic E-state index is -3.48. The minimum Gasteiger partial charge on any atom is -0.447 e. The molecule has 0 fully saturated rings. The molecule has 5 nitrogen and oxygen atoms in total. The van der Waals surface area contributed by atoms with Crippen molar-refractivity contribution in [1.82, 2.24) is 9.62 Å². The summed E-state index contributed by atoms with van der Waals surface area (Å²) in [7, 11) is -3.48. The number of sulfonamides is 1. The second kappa shape index (κ2) is 6.92. The summed E-state index contributed by atoms with van der Waals surface area (Å²) in [5, 5.41) is 3.13. The quantitative estimate of drug-likeness (QED) is 0.785. The lowest BCUT2D eigenvalue weighted by Crippen LogP contribution is -2.31. The highest BCUT2D eigenvalue weighted by molar-refractivity contribution is 7.89. The van der Waals surface area contributed by atoms with Crippen LogP contribution in [0.3, 0.4) is 0 Å². The van der Waals surface area contributed by atoms with Gasteiger partial charge in [0.05, 0.1) is 6.54 Å². The van der Waals surface area contributed by atoms with E-state index in [4.69, 9.17) is 4.42 Å². The van der Waals surface area contributed by atoms with Gasteiger partial charge in [0.25, 0.3) is 10.0 Å². The molecule has 1 aromatic rings. The van der Waals surface area contributed by atoms with Crippen molar-refractivity contribution in [1.29, 1.82) is 0 Å². The molecule has 0 unspecified atom stereocenters. The van der Waals surface area contributed by atoms with E-state index in [-0.39, 0.29) is 5.09 Å². The van der Waals surface area contributed by atoms with Gasteiger partial charge in [-0.15, -0.1) is 0 Å². The maximum Gasteiger partial charge on any atom is 0.276 e. The first-order valence-electron chi connectivity index (χ1n) is 6.35. The lowest BCUT2D eigenvalue weighted by atomic mass is 10.4. The van der Waals surface area contributed by atoms with Crippen molar-refractivity contribution >= 4 is 10.0 Å². The van der Waals surface area contributed by atoms with Gasteiger partial charge in [0.15, 0.2) is 0 Å². The van der Waals surface area contributed by atoms with Crippen molar-refractivity contribution in [3.05, 3.63) is 17.9 Å². The molecular formula is C12H22N2O3S. The Labute approximate surface area is 109 Å². The van der Waals surface area contributed by atoms with E-state index >= 15 is 0 Å². The zero-order valence-electron chi connectivity index (χ0n) is 11.3. The largest absolute Gasteiger partial charge is 0.447 e. The fourth-order valence-corrected chi connectivity index (χ4v) is 3.13. The molecule has 0 atom stereocenters. The summed E-state index contributed by atoms with van der Waals surface area (Å²) < 4.78 is 31.3. The first kappa shape index (κ1) is 15.2. The van der Waals surface area contributed by atoms with Crippen LogP contribution < -0.4 is 5.32 Å². The summed E-state index contributed by atoms with van der Waals surface area (Å²) >= 11 is 0. The molecule has 6 heteroatoms. The van der Waals surface area contributed by atoms with Crippen molar-refractivity contribution in [2.45, 2.75) is 38.8 Å². The molecule has 1 heterocycles. The molecule has 0 aliphatic rings. The third-order valence-electron chi connectivity index (χ3n) is 2.61. The predicted octanol–water partition coefficient (Wildman–Crippen LogP) is 1.81. The van der Waals surface area contributed by atoms with Crippen molar-refractivity contribution in [3.8, 4) is 0 Å². The maximum atomic E-state index is 12.3. The third-order valence-corrected chi connectivity index (χ3v) is 4.45. The predicted molar refractivity (Wildman–Crippen MR) is 70.8 cm³/mol. The normalized spacial score (nSPS) is 12.2. The van der Waals surface area contributed by atoms with Crippen LogP contribution in [-0.2, 0) is 16.6 Å². The number of nitrogens with one attached hydrogen (secondary N) is 1. The van der Waals surface area contributed by atoms with E-state index in [1.807, 2.05) is 20.8 Å². The number of rotatable bonds is 8. The van der Waals surface area contributed by atoms with Crippen LogP contribution in [0, 0.1) is 0 Å². The summed E-state index contributed by atoms with van der Waals surface area (Å²) in [4.78, 5) is 0. The molecule has 0 spiro atoms. The van der Waals surface area contributed by atoms with Gasteiger partial charge in [0, 0.05) is 13.1 Å². The molecular weight excluding hydrogens is 252 g/mol. The number of furan rings is 1. The average Bonchev–Trinajstić information content (AvgIpc) is 2.82. The van der Waals surface area contributed by atoms with Crippen molar-refractivity contribution < 1.29 is 12.8 Å². The second-order valence-corrected chi connectivity index (χ2v) is 5.87. The Morgan fingerprint density at radius 2 is 2.00 bits per heavy atom. The Kier molecular flexibility index (Phi) is 5.84. The zero-order valence-corrected chi connectivity index (χ0v) is 12.1. The lowest BCUT2D eigenvalue weighted by molar-refractivity contribution is 0.369. The zero-order chi connectivity index (χ0) is 13.6. The molecule has 0 saturated carbocycles. The van der Waals surface area contributed by atoms with Crippen LogP contribution in [-0.4, -0.2) is 32.4 Å². The Hall–Kier alpha value is -0.850. The van der Waals surface area contributed by atoms with Crippen LogP contribution in [0.4, 0.5) is 0 Å². The summed E-state index contributed by atoms with van der Waals surface area (Å²) in [5.74, 6) is 0.642. The molecule has 18 heavy (non-hydrogen) atoms. The maximum absolute atomic E-state index is 12.3. The number of nitrogens with zero attached hydrogens (tertiary/aromatic N) is 1. The van der Waals surface area contributed by atoms with E-state index in [0.29, 0.717) is 25.4 Å². The Morgan fingerprint density at radius 1 is 1.28 bits per heavy atom. The van der Waals surface area contributed by atoms with Crippen LogP contribution in [0.1, 0.15) is 33.0 Å². The van der Waals surface area contributed by atoms with E-state index in [1.165, 1.54) is 10.4 Å². The van der Waals surface area contributed by atoms with Crippen LogP contribution >= 0.6 is 0 Å². The van der Waals surface area contributed by atoms with E-state index in [0.717, 1.165) is 13.0 Å². The lowest BCUT2D eigenvalue weighted by Gasteiger charge is -2.17. The summed E-state index contributed by atoms with van der Waals surface area (Å²) in [6.07, 6.45) is 0.790. The molecule has 0 aliphatic carbocycles. The topological polar surface area (TPSA) is 62.6 Å². The molecule has 0 saturated heterocycles. The van der Waals surface area contributed by atoms with Gasteiger partial charge in [-0.3, -0.25) is 0 Å². The van der Waals surface area contributed by atoms with Gasteiger partial charge in [-0.05, 0) is 25.1 Å². The molecule has 1 N–H and O–H groups in total. The highest BCUT2D eigenvalue weighted by atomic mass is 32.2. The van der Waals surface area contributed by atoms with Gasteiger partial charge in [0.2, 0.25) is 5.09 Å². The van der Waals surface area contributed by atoms with Crippen molar-refractivity contribution in [3.63, 3.8) is 0 Å². The minimum absolute atomic E-state index is 0.0331. The fourth-order valence-electron chi connectivity index (χ4n) is 1.66. The summed E-state index contributed by atoms with van der Waals surface area (Å²) in [6, 6.07) is 3.23. The Morgan fingerprint density at radius 3 is 2.56 bits per heavy atom. The average molecular weight is 274 g/mol. The monoisotopic (exact) mass is 274 g/mol. The van der Waals surface area contributed by atoms with E-state index in [9.17, 15) is 8.42 Å². The Balaban J connectivity index is 2.87. The first-order chi connectivity index (χ1) is 8.56. The van der Waals surface area contributed by atoms with E-state index < -0.39 is 10.0 Å². The molecule has 0 aliphatic heterocycles. The van der Waals surface area contributed by atoms with Crippen LogP contribution in [0.2, 0.25) is 0 Å². The van der Waals surface area contributed by atoms with Crippen molar-refractivity contribution in [2.75, 3.05) is 19.6 Å². The first-order valence-corrected chi connectivity index (χ1v) is 7.79.